The zero-order valence-corrected chi connectivity index (χ0v) is 13.8. The van der Waals surface area contributed by atoms with E-state index in [1.54, 1.807) is 0 Å². The summed E-state index contributed by atoms with van der Waals surface area (Å²) in [5, 5.41) is 0. The van der Waals surface area contributed by atoms with Crippen molar-refractivity contribution in [1.82, 2.24) is 0 Å². The Balaban J connectivity index is 1.95. The molecule has 1 aliphatic rings. The summed E-state index contributed by atoms with van der Waals surface area (Å²) in [4.78, 5) is 0. The summed E-state index contributed by atoms with van der Waals surface area (Å²) >= 11 is 0. The lowest BCUT2D eigenvalue weighted by molar-refractivity contribution is 0.152. The highest BCUT2D eigenvalue weighted by Gasteiger charge is 2.45. The van der Waals surface area contributed by atoms with Gasteiger partial charge in [-0.1, -0.05) is 68.0 Å². The molecule has 1 fully saturated rings. The standard InChI is InChI=1S/C20H29N/c1-6-14(2)11-16(4)17(5)20(21)12-19(13-20)18-9-7-15(3)8-10-18/h7-10,17,19H,2,4,6,11-13,21H2,1,3,5H3. The monoisotopic (exact) mass is 283 g/mol. The number of nitrogens with two attached hydrogens (primary N) is 1. The maximum atomic E-state index is 6.63. The third kappa shape index (κ3) is 3.47. The van der Waals surface area contributed by atoms with E-state index in [0.29, 0.717) is 11.8 Å². The number of hydrogen-bond acceptors (Lipinski definition) is 1. The van der Waals surface area contributed by atoms with Crippen LogP contribution in [-0.4, -0.2) is 5.54 Å². The predicted octanol–water partition coefficient (Wildman–Crippen LogP) is 5.12. The van der Waals surface area contributed by atoms with Crippen LogP contribution in [0.15, 0.2) is 48.6 Å². The highest BCUT2D eigenvalue weighted by Crippen LogP contribution is 2.49. The van der Waals surface area contributed by atoms with Crippen LogP contribution in [0.1, 0.15) is 56.6 Å². The van der Waals surface area contributed by atoms with Gasteiger partial charge in [-0.25, -0.2) is 0 Å². The molecule has 1 unspecified atom stereocenters. The third-order valence-electron chi connectivity index (χ3n) is 5.25. The molecule has 114 valence electrons. The molecular formula is C20H29N. The first-order valence-electron chi connectivity index (χ1n) is 8.05. The smallest absolute Gasteiger partial charge is 0.0229 e. The average Bonchev–Trinajstić information content (AvgIpc) is 2.43. The first kappa shape index (κ1) is 16.0. The Morgan fingerprint density at radius 2 is 1.86 bits per heavy atom. The summed E-state index contributed by atoms with van der Waals surface area (Å²) in [7, 11) is 0. The van der Waals surface area contributed by atoms with Crippen LogP contribution in [0.25, 0.3) is 0 Å². The molecule has 2 rings (SSSR count). The Morgan fingerprint density at radius 1 is 1.29 bits per heavy atom. The van der Waals surface area contributed by atoms with Gasteiger partial charge in [0.2, 0.25) is 0 Å². The molecule has 0 radical (unpaired) electrons. The minimum Gasteiger partial charge on any atom is -0.325 e. The van der Waals surface area contributed by atoms with Gasteiger partial charge in [0.1, 0.15) is 0 Å². The molecule has 0 aromatic heterocycles. The van der Waals surface area contributed by atoms with Crippen molar-refractivity contribution in [1.29, 1.82) is 0 Å². The molecule has 1 heteroatoms. The number of allylic oxidation sites excluding steroid dienone is 1. The third-order valence-corrected chi connectivity index (χ3v) is 5.25. The average molecular weight is 283 g/mol. The summed E-state index contributed by atoms with van der Waals surface area (Å²) in [5.74, 6) is 0.975. The first-order chi connectivity index (χ1) is 9.85. The summed E-state index contributed by atoms with van der Waals surface area (Å²) in [6.07, 6.45) is 4.07. The van der Waals surface area contributed by atoms with Crippen molar-refractivity contribution in [2.45, 2.75) is 57.9 Å². The lowest BCUT2D eigenvalue weighted by atomic mass is 9.59. The van der Waals surface area contributed by atoms with E-state index in [-0.39, 0.29) is 5.54 Å². The van der Waals surface area contributed by atoms with Gasteiger partial charge in [-0.3, -0.25) is 0 Å². The molecule has 1 aromatic rings. The van der Waals surface area contributed by atoms with E-state index in [0.717, 1.165) is 25.7 Å². The largest absolute Gasteiger partial charge is 0.325 e. The maximum absolute atomic E-state index is 6.63. The van der Waals surface area contributed by atoms with Crippen LogP contribution in [0.3, 0.4) is 0 Å². The summed E-state index contributed by atoms with van der Waals surface area (Å²) in [6.45, 7) is 14.9. The fourth-order valence-electron chi connectivity index (χ4n) is 3.29. The normalized spacial score (nSPS) is 26.0. The lowest BCUT2D eigenvalue weighted by Gasteiger charge is -2.50. The molecule has 1 nitrogen and oxygen atoms in total. The molecule has 0 spiro atoms. The van der Waals surface area contributed by atoms with Crippen LogP contribution in [0.2, 0.25) is 0 Å². The van der Waals surface area contributed by atoms with E-state index in [1.807, 2.05) is 0 Å². The van der Waals surface area contributed by atoms with Crippen molar-refractivity contribution in [2.24, 2.45) is 11.7 Å². The van der Waals surface area contributed by atoms with Crippen molar-refractivity contribution in [3.63, 3.8) is 0 Å². The Morgan fingerprint density at radius 3 is 2.38 bits per heavy atom. The van der Waals surface area contributed by atoms with Crippen molar-refractivity contribution in [3.05, 3.63) is 59.7 Å². The molecule has 1 aromatic carbocycles. The minimum atomic E-state index is -0.0827. The van der Waals surface area contributed by atoms with Gasteiger partial charge in [0.15, 0.2) is 0 Å². The van der Waals surface area contributed by atoms with Gasteiger partial charge in [-0.2, -0.15) is 0 Å². The first-order valence-corrected chi connectivity index (χ1v) is 8.05. The Hall–Kier alpha value is -1.34. The van der Waals surface area contributed by atoms with E-state index in [1.165, 1.54) is 22.3 Å². The molecule has 1 saturated carbocycles. The second kappa shape index (κ2) is 6.19. The number of benzene rings is 1. The lowest BCUT2D eigenvalue weighted by Crippen LogP contribution is -2.55. The molecule has 0 aliphatic heterocycles. The molecule has 1 aliphatic carbocycles. The molecule has 0 bridgehead atoms. The molecule has 0 heterocycles. The fraction of sp³-hybridized carbons (Fsp3) is 0.500. The second-order valence-corrected chi connectivity index (χ2v) is 6.91. The quantitative estimate of drug-likeness (QED) is 0.721. The van der Waals surface area contributed by atoms with Crippen LogP contribution >= 0.6 is 0 Å². The number of aryl methyl sites for hydroxylation is 1. The van der Waals surface area contributed by atoms with Gasteiger partial charge < -0.3 is 5.73 Å². The van der Waals surface area contributed by atoms with E-state index < -0.39 is 0 Å². The van der Waals surface area contributed by atoms with Crippen molar-refractivity contribution >= 4 is 0 Å². The molecule has 21 heavy (non-hydrogen) atoms. The van der Waals surface area contributed by atoms with Gasteiger partial charge >= 0.3 is 0 Å². The van der Waals surface area contributed by atoms with E-state index in [9.17, 15) is 0 Å². The van der Waals surface area contributed by atoms with Crippen molar-refractivity contribution < 1.29 is 0 Å². The van der Waals surface area contributed by atoms with E-state index in [2.05, 4.69) is 58.2 Å². The van der Waals surface area contributed by atoms with Gasteiger partial charge in [0.05, 0.1) is 0 Å². The second-order valence-electron chi connectivity index (χ2n) is 6.91. The Kier molecular flexibility index (Phi) is 4.73. The van der Waals surface area contributed by atoms with Crippen LogP contribution in [0.4, 0.5) is 0 Å². The topological polar surface area (TPSA) is 26.0 Å². The predicted molar refractivity (Wildman–Crippen MR) is 92.4 cm³/mol. The molecule has 0 saturated heterocycles. The van der Waals surface area contributed by atoms with Gasteiger partial charge in [0, 0.05) is 5.54 Å². The number of hydrogen-bond donors (Lipinski definition) is 1. The summed E-state index contributed by atoms with van der Waals surface area (Å²) < 4.78 is 0. The number of rotatable bonds is 6. The zero-order chi connectivity index (χ0) is 15.6. The molecule has 1 atom stereocenters. The van der Waals surface area contributed by atoms with Gasteiger partial charge in [0.25, 0.3) is 0 Å². The molecule has 2 N–H and O–H groups in total. The SMILES string of the molecule is C=C(CC)CC(=C)C(C)C1(N)CC(c2ccc(C)cc2)C1. The highest BCUT2D eigenvalue weighted by molar-refractivity contribution is 5.30. The van der Waals surface area contributed by atoms with Crippen LogP contribution in [0, 0.1) is 12.8 Å². The molecular weight excluding hydrogens is 254 g/mol. The van der Waals surface area contributed by atoms with Crippen LogP contribution < -0.4 is 5.73 Å². The maximum Gasteiger partial charge on any atom is 0.0229 e. The van der Waals surface area contributed by atoms with Crippen molar-refractivity contribution in [3.8, 4) is 0 Å². The van der Waals surface area contributed by atoms with Gasteiger partial charge in [-0.05, 0) is 50.0 Å². The Labute approximate surface area is 129 Å². The zero-order valence-electron chi connectivity index (χ0n) is 13.8. The summed E-state index contributed by atoms with van der Waals surface area (Å²) in [5.41, 5.74) is 11.8. The van der Waals surface area contributed by atoms with Gasteiger partial charge in [-0.15, -0.1) is 0 Å². The molecule has 0 amide bonds. The minimum absolute atomic E-state index is 0.0827. The highest BCUT2D eigenvalue weighted by atomic mass is 14.8. The van der Waals surface area contributed by atoms with Crippen molar-refractivity contribution in [2.75, 3.05) is 0 Å². The Bertz CT molecular complexity index is 517. The van der Waals surface area contributed by atoms with Crippen LogP contribution in [0.5, 0.6) is 0 Å². The fourth-order valence-corrected chi connectivity index (χ4v) is 3.29. The van der Waals surface area contributed by atoms with E-state index >= 15 is 0 Å². The van der Waals surface area contributed by atoms with Crippen LogP contribution in [-0.2, 0) is 0 Å². The summed E-state index contributed by atoms with van der Waals surface area (Å²) in [6, 6.07) is 8.88. The van der Waals surface area contributed by atoms with E-state index in [4.69, 9.17) is 5.73 Å².